The molecule has 19 heavy (non-hydrogen) atoms. The standard InChI is InChI=1S/C15H30N2O2/c1-3-19-15(18)7-5-4-6-9-17-10-8-13(2)14(11-16)12-17/h13-14H,3-12,16H2,1-2H3. The molecule has 1 rings (SSSR count). The molecule has 2 unspecified atom stereocenters. The van der Waals surface area contributed by atoms with E-state index in [1.807, 2.05) is 6.92 Å². The van der Waals surface area contributed by atoms with Crippen molar-refractivity contribution in [3.63, 3.8) is 0 Å². The summed E-state index contributed by atoms with van der Waals surface area (Å²) in [6.07, 6.45) is 5.06. The van der Waals surface area contributed by atoms with Crippen molar-refractivity contribution in [2.75, 3.05) is 32.8 Å². The second-order valence-electron chi connectivity index (χ2n) is 5.68. The Balaban J connectivity index is 2.05. The molecule has 0 amide bonds. The summed E-state index contributed by atoms with van der Waals surface area (Å²) >= 11 is 0. The van der Waals surface area contributed by atoms with Gasteiger partial charge in [0, 0.05) is 13.0 Å². The lowest BCUT2D eigenvalue weighted by atomic mass is 9.87. The van der Waals surface area contributed by atoms with E-state index in [2.05, 4.69) is 11.8 Å². The SMILES string of the molecule is CCOC(=O)CCCCCN1CCC(C)C(CN)C1. The Kier molecular flexibility index (Phi) is 8.07. The van der Waals surface area contributed by atoms with Gasteiger partial charge in [0.1, 0.15) is 0 Å². The molecule has 0 saturated carbocycles. The highest BCUT2D eigenvalue weighted by atomic mass is 16.5. The molecule has 4 heteroatoms. The van der Waals surface area contributed by atoms with Gasteiger partial charge in [0.2, 0.25) is 0 Å². The van der Waals surface area contributed by atoms with Crippen molar-refractivity contribution in [2.24, 2.45) is 17.6 Å². The van der Waals surface area contributed by atoms with Gasteiger partial charge < -0.3 is 15.4 Å². The van der Waals surface area contributed by atoms with Gasteiger partial charge in [0.25, 0.3) is 0 Å². The van der Waals surface area contributed by atoms with Crippen LogP contribution in [0.2, 0.25) is 0 Å². The van der Waals surface area contributed by atoms with E-state index in [-0.39, 0.29) is 5.97 Å². The second kappa shape index (κ2) is 9.32. The lowest BCUT2D eigenvalue weighted by Crippen LogP contribution is -2.42. The van der Waals surface area contributed by atoms with Gasteiger partial charge in [-0.2, -0.15) is 0 Å². The highest BCUT2D eigenvalue weighted by Crippen LogP contribution is 2.22. The van der Waals surface area contributed by atoms with Crippen molar-refractivity contribution in [1.29, 1.82) is 0 Å². The predicted octanol–water partition coefficient (Wildman–Crippen LogP) is 2.03. The van der Waals surface area contributed by atoms with E-state index >= 15 is 0 Å². The molecule has 0 radical (unpaired) electrons. The van der Waals surface area contributed by atoms with E-state index in [1.165, 1.54) is 19.4 Å². The van der Waals surface area contributed by atoms with Crippen LogP contribution in [0.25, 0.3) is 0 Å². The first-order valence-corrected chi connectivity index (χ1v) is 7.75. The van der Waals surface area contributed by atoms with Crippen LogP contribution in [0.1, 0.15) is 46.0 Å². The molecule has 1 fully saturated rings. The highest BCUT2D eigenvalue weighted by molar-refractivity contribution is 5.69. The number of ether oxygens (including phenoxy) is 1. The molecule has 1 aliphatic rings. The maximum Gasteiger partial charge on any atom is 0.305 e. The third-order valence-corrected chi connectivity index (χ3v) is 4.16. The summed E-state index contributed by atoms with van der Waals surface area (Å²) in [6.45, 7) is 8.96. The van der Waals surface area contributed by atoms with Crippen LogP contribution in [0.15, 0.2) is 0 Å². The molecular weight excluding hydrogens is 240 g/mol. The van der Waals surface area contributed by atoms with Gasteiger partial charge in [-0.05, 0) is 57.7 Å². The zero-order valence-corrected chi connectivity index (χ0v) is 12.6. The van der Waals surface area contributed by atoms with Gasteiger partial charge >= 0.3 is 5.97 Å². The number of nitrogens with zero attached hydrogens (tertiary/aromatic N) is 1. The van der Waals surface area contributed by atoms with E-state index in [4.69, 9.17) is 10.5 Å². The van der Waals surface area contributed by atoms with Crippen LogP contribution in [-0.2, 0) is 9.53 Å². The van der Waals surface area contributed by atoms with Gasteiger partial charge in [-0.1, -0.05) is 13.3 Å². The monoisotopic (exact) mass is 270 g/mol. The zero-order chi connectivity index (χ0) is 14.1. The summed E-state index contributed by atoms with van der Waals surface area (Å²) in [5.41, 5.74) is 5.82. The summed E-state index contributed by atoms with van der Waals surface area (Å²) in [5.74, 6) is 1.37. The number of carbonyl (C=O) groups excluding carboxylic acids is 1. The fraction of sp³-hybridized carbons (Fsp3) is 0.933. The van der Waals surface area contributed by atoms with Crippen LogP contribution < -0.4 is 5.73 Å². The van der Waals surface area contributed by atoms with Gasteiger partial charge in [-0.3, -0.25) is 4.79 Å². The van der Waals surface area contributed by atoms with Crippen LogP contribution in [-0.4, -0.2) is 43.7 Å². The first-order chi connectivity index (χ1) is 9.17. The minimum absolute atomic E-state index is 0.0579. The van der Waals surface area contributed by atoms with Crippen LogP contribution in [0, 0.1) is 11.8 Å². The van der Waals surface area contributed by atoms with E-state index in [1.54, 1.807) is 0 Å². The summed E-state index contributed by atoms with van der Waals surface area (Å²) in [5, 5.41) is 0. The third kappa shape index (κ3) is 6.39. The highest BCUT2D eigenvalue weighted by Gasteiger charge is 2.24. The Morgan fingerprint density at radius 2 is 2.16 bits per heavy atom. The summed E-state index contributed by atoms with van der Waals surface area (Å²) < 4.78 is 4.92. The maximum atomic E-state index is 11.2. The normalized spacial score (nSPS) is 24.4. The molecule has 2 atom stereocenters. The summed E-state index contributed by atoms with van der Waals surface area (Å²) in [7, 11) is 0. The van der Waals surface area contributed by atoms with Crippen molar-refractivity contribution >= 4 is 5.97 Å². The Morgan fingerprint density at radius 3 is 2.84 bits per heavy atom. The molecule has 1 saturated heterocycles. The first-order valence-electron chi connectivity index (χ1n) is 7.75. The lowest BCUT2D eigenvalue weighted by molar-refractivity contribution is -0.143. The van der Waals surface area contributed by atoms with Crippen molar-refractivity contribution in [2.45, 2.75) is 46.0 Å². The molecule has 4 nitrogen and oxygen atoms in total. The fourth-order valence-corrected chi connectivity index (χ4v) is 2.75. The van der Waals surface area contributed by atoms with Crippen LogP contribution in [0.4, 0.5) is 0 Å². The number of rotatable bonds is 8. The molecular formula is C15H30N2O2. The van der Waals surface area contributed by atoms with E-state index < -0.39 is 0 Å². The molecule has 0 aliphatic carbocycles. The number of unbranched alkanes of at least 4 members (excludes halogenated alkanes) is 2. The number of likely N-dealkylation sites (tertiary alicyclic amines) is 1. The Bertz CT molecular complexity index is 259. The minimum Gasteiger partial charge on any atom is -0.466 e. The average Bonchev–Trinajstić information content (AvgIpc) is 2.40. The van der Waals surface area contributed by atoms with Gasteiger partial charge in [-0.15, -0.1) is 0 Å². The Hall–Kier alpha value is -0.610. The minimum atomic E-state index is -0.0579. The molecule has 1 heterocycles. The average molecular weight is 270 g/mol. The number of hydrogen-bond acceptors (Lipinski definition) is 4. The molecule has 0 bridgehead atoms. The summed E-state index contributed by atoms with van der Waals surface area (Å²) in [4.78, 5) is 13.7. The number of esters is 1. The summed E-state index contributed by atoms with van der Waals surface area (Å²) in [6, 6.07) is 0. The fourth-order valence-electron chi connectivity index (χ4n) is 2.75. The number of piperidine rings is 1. The first kappa shape index (κ1) is 16.4. The molecule has 0 aromatic rings. The Morgan fingerprint density at radius 1 is 1.37 bits per heavy atom. The van der Waals surface area contributed by atoms with Crippen molar-refractivity contribution in [3.05, 3.63) is 0 Å². The largest absolute Gasteiger partial charge is 0.466 e. The van der Waals surface area contributed by atoms with E-state index in [0.717, 1.165) is 38.4 Å². The maximum absolute atomic E-state index is 11.2. The smallest absolute Gasteiger partial charge is 0.305 e. The molecule has 1 aliphatic heterocycles. The van der Waals surface area contributed by atoms with Crippen molar-refractivity contribution in [3.8, 4) is 0 Å². The quantitative estimate of drug-likeness (QED) is 0.541. The zero-order valence-electron chi connectivity index (χ0n) is 12.6. The predicted molar refractivity (Wildman–Crippen MR) is 77.9 cm³/mol. The molecule has 0 aromatic heterocycles. The van der Waals surface area contributed by atoms with Crippen LogP contribution >= 0.6 is 0 Å². The topological polar surface area (TPSA) is 55.6 Å². The number of carbonyl (C=O) groups is 1. The van der Waals surface area contributed by atoms with E-state index in [0.29, 0.717) is 18.9 Å². The van der Waals surface area contributed by atoms with E-state index in [9.17, 15) is 4.79 Å². The van der Waals surface area contributed by atoms with Crippen molar-refractivity contribution in [1.82, 2.24) is 4.90 Å². The molecule has 0 aromatic carbocycles. The molecule has 2 N–H and O–H groups in total. The Labute approximate surface area is 117 Å². The number of nitrogens with two attached hydrogens (primary N) is 1. The molecule has 112 valence electrons. The van der Waals surface area contributed by atoms with Crippen LogP contribution in [0.5, 0.6) is 0 Å². The second-order valence-corrected chi connectivity index (χ2v) is 5.68. The van der Waals surface area contributed by atoms with Crippen molar-refractivity contribution < 1.29 is 9.53 Å². The third-order valence-electron chi connectivity index (χ3n) is 4.16. The van der Waals surface area contributed by atoms with Gasteiger partial charge in [0.15, 0.2) is 0 Å². The van der Waals surface area contributed by atoms with Gasteiger partial charge in [0.05, 0.1) is 6.61 Å². The lowest BCUT2D eigenvalue weighted by Gasteiger charge is -2.36. The molecule has 0 spiro atoms. The number of hydrogen-bond donors (Lipinski definition) is 1. The van der Waals surface area contributed by atoms with Gasteiger partial charge in [-0.25, -0.2) is 0 Å². The van der Waals surface area contributed by atoms with Crippen LogP contribution in [0.3, 0.4) is 0 Å².